The van der Waals surface area contributed by atoms with Gasteiger partial charge in [-0.25, -0.2) is 0 Å². The maximum Gasteiger partial charge on any atom is 0.292 e. The molecule has 4 rings (SSSR count). The molecule has 4 aliphatic rings. The smallest absolute Gasteiger partial charge is 0.292 e. The third-order valence-electron chi connectivity index (χ3n) is 14.1. The van der Waals surface area contributed by atoms with Gasteiger partial charge < -0.3 is 13.3 Å². The van der Waals surface area contributed by atoms with Crippen molar-refractivity contribution in [2.24, 2.45) is 46.3 Å². The van der Waals surface area contributed by atoms with Gasteiger partial charge in [-0.3, -0.25) is 4.79 Å². The summed E-state index contributed by atoms with van der Waals surface area (Å²) in [6, 6.07) is 3.39. The minimum absolute atomic E-state index is 0.0461. The number of fused-ring (bicyclic) bond motifs is 5. The van der Waals surface area contributed by atoms with Crippen molar-refractivity contribution < 1.29 is 18.1 Å². The third kappa shape index (κ3) is 7.62. The fourth-order valence-electron chi connectivity index (χ4n) is 10.4. The van der Waals surface area contributed by atoms with Crippen LogP contribution in [-0.4, -0.2) is 43.1 Å². The Labute approximate surface area is 270 Å². The van der Waals surface area contributed by atoms with E-state index in [1.54, 1.807) is 0 Å². The molecule has 0 bridgehead atoms. The summed E-state index contributed by atoms with van der Waals surface area (Å²) in [7, 11) is -5.12. The molecule has 0 N–H and O–H groups in total. The lowest BCUT2D eigenvalue weighted by atomic mass is 9.43. The molecule has 4 saturated carbocycles. The van der Waals surface area contributed by atoms with Gasteiger partial charge in [0.2, 0.25) is 8.32 Å². The molecule has 4 fully saturated rings. The highest BCUT2D eigenvalue weighted by Crippen LogP contribution is 2.69. The number of carbonyl (C=O) groups is 1. The summed E-state index contributed by atoms with van der Waals surface area (Å²) in [5.74, 6) is 4.26. The van der Waals surface area contributed by atoms with E-state index in [4.69, 9.17) is 13.3 Å². The average Bonchev–Trinajstić information content (AvgIpc) is 3.29. The molecule has 250 valence electrons. The van der Waals surface area contributed by atoms with Gasteiger partial charge in [0.1, 0.15) is 0 Å². The first-order chi connectivity index (χ1) is 19.9. The molecule has 0 saturated heterocycles. The van der Waals surface area contributed by atoms with Crippen LogP contribution in [0.15, 0.2) is 0 Å². The Hall–Kier alpha value is 0.0406. The molecule has 0 spiro atoms. The summed E-state index contributed by atoms with van der Waals surface area (Å²) in [6.07, 6.45) is 12.9. The van der Waals surface area contributed by atoms with Crippen LogP contribution >= 0.6 is 0 Å². The Morgan fingerprint density at radius 3 is 1.98 bits per heavy atom. The highest BCUT2D eigenvalue weighted by Gasteiger charge is 2.63. The zero-order chi connectivity index (χ0) is 32.0. The maximum absolute atomic E-state index is 12.8. The Morgan fingerprint density at radius 2 is 1.35 bits per heavy atom. The van der Waals surface area contributed by atoms with Crippen molar-refractivity contribution in [3.63, 3.8) is 0 Å². The predicted octanol–water partition coefficient (Wildman–Crippen LogP) is 10.7. The summed E-state index contributed by atoms with van der Waals surface area (Å²) in [4.78, 5) is 12.8. The van der Waals surface area contributed by atoms with Crippen LogP contribution in [0.1, 0.15) is 106 Å². The van der Waals surface area contributed by atoms with Gasteiger partial charge in [0.15, 0.2) is 16.6 Å². The summed E-state index contributed by atoms with van der Waals surface area (Å²) >= 11 is 0. The molecule has 4 nitrogen and oxygen atoms in total. The lowest BCUT2D eigenvalue weighted by molar-refractivity contribution is -0.169. The van der Waals surface area contributed by atoms with Gasteiger partial charge in [-0.2, -0.15) is 0 Å². The van der Waals surface area contributed by atoms with Crippen molar-refractivity contribution in [3.05, 3.63) is 0 Å². The standard InChI is InChI=1S/C36H70O4Si3/c1-13-41(7,8)38-28-20-22-35(5)27(24-28)25-32(39-42(9,10)14-2)34-30-18-17-29(36(30,6)23-21-31(34)35)26(4)16-19-33(37)40-43(11,12)15-3/h26-32,34H,13-25H2,1-12H3/t26?,27?,28-,29?,30?,31?,32?,34?,35?,36?/m1/s1. The Kier molecular flexibility index (Phi) is 11.1. The van der Waals surface area contributed by atoms with Crippen LogP contribution in [0.5, 0.6) is 0 Å². The molecule has 9 unspecified atom stereocenters. The fraction of sp³-hybridized carbons (Fsp3) is 0.972. The molecular formula is C36H70O4Si3. The predicted molar refractivity (Wildman–Crippen MR) is 189 cm³/mol. The van der Waals surface area contributed by atoms with Crippen molar-refractivity contribution in [1.29, 1.82) is 0 Å². The maximum atomic E-state index is 12.8. The zero-order valence-electron chi connectivity index (χ0n) is 30.4. The van der Waals surface area contributed by atoms with Gasteiger partial charge in [-0.1, -0.05) is 41.5 Å². The van der Waals surface area contributed by atoms with Crippen LogP contribution in [0.3, 0.4) is 0 Å². The highest BCUT2D eigenvalue weighted by atomic mass is 28.4. The van der Waals surface area contributed by atoms with Gasteiger partial charge >= 0.3 is 0 Å². The first-order valence-electron chi connectivity index (χ1n) is 18.5. The average molecular weight is 651 g/mol. The molecule has 7 heteroatoms. The van der Waals surface area contributed by atoms with E-state index in [1.165, 1.54) is 63.5 Å². The van der Waals surface area contributed by atoms with Crippen molar-refractivity contribution in [2.75, 3.05) is 0 Å². The zero-order valence-corrected chi connectivity index (χ0v) is 33.4. The van der Waals surface area contributed by atoms with Crippen LogP contribution in [0.2, 0.25) is 57.4 Å². The quantitative estimate of drug-likeness (QED) is 0.197. The number of hydrogen-bond acceptors (Lipinski definition) is 4. The van der Waals surface area contributed by atoms with Crippen molar-refractivity contribution in [3.8, 4) is 0 Å². The Morgan fingerprint density at radius 1 is 0.767 bits per heavy atom. The molecule has 0 heterocycles. The first-order valence-corrected chi connectivity index (χ1v) is 27.8. The Balaban J connectivity index is 1.54. The van der Waals surface area contributed by atoms with Gasteiger partial charge in [0.05, 0.1) is 0 Å². The van der Waals surface area contributed by atoms with E-state index >= 15 is 0 Å². The minimum Gasteiger partial charge on any atom is -0.520 e. The monoisotopic (exact) mass is 650 g/mol. The molecular weight excluding hydrogens is 581 g/mol. The largest absolute Gasteiger partial charge is 0.520 e. The lowest BCUT2D eigenvalue weighted by Gasteiger charge is -2.64. The van der Waals surface area contributed by atoms with E-state index in [2.05, 4.69) is 80.8 Å². The summed E-state index contributed by atoms with van der Waals surface area (Å²) < 4.78 is 20.2. The normalized spacial score (nSPS) is 39.0. The van der Waals surface area contributed by atoms with E-state index in [9.17, 15) is 4.79 Å². The molecule has 43 heavy (non-hydrogen) atoms. The molecule has 0 amide bonds. The van der Waals surface area contributed by atoms with Gasteiger partial charge in [0.25, 0.3) is 5.97 Å². The molecule has 0 aromatic heterocycles. The second kappa shape index (κ2) is 13.3. The minimum atomic E-state index is -1.84. The van der Waals surface area contributed by atoms with Crippen LogP contribution in [0.25, 0.3) is 0 Å². The first kappa shape index (κ1) is 35.9. The fourth-order valence-corrected chi connectivity index (χ4v) is 13.8. The van der Waals surface area contributed by atoms with Crippen molar-refractivity contribution in [1.82, 2.24) is 0 Å². The second-order valence-electron chi connectivity index (χ2n) is 18.0. The number of rotatable bonds is 12. The van der Waals surface area contributed by atoms with Gasteiger partial charge in [-0.15, -0.1) is 0 Å². The van der Waals surface area contributed by atoms with Crippen LogP contribution < -0.4 is 0 Å². The SMILES string of the molecule is CC[Si](C)(C)OC(=O)CCC(C)C1CCC2C3C(O[Si](C)(C)CC)CC4C[C@H](O[Si](C)(C)CC)CCC4(C)C3CCC12C. The Bertz CT molecular complexity index is 968. The topological polar surface area (TPSA) is 44.8 Å². The van der Waals surface area contributed by atoms with E-state index < -0.39 is 25.0 Å². The van der Waals surface area contributed by atoms with Crippen molar-refractivity contribution >= 4 is 30.9 Å². The van der Waals surface area contributed by atoms with E-state index in [0.29, 0.717) is 47.2 Å². The highest BCUT2D eigenvalue weighted by molar-refractivity contribution is 6.72. The van der Waals surface area contributed by atoms with Gasteiger partial charge in [0, 0.05) is 18.6 Å². The summed E-state index contributed by atoms with van der Waals surface area (Å²) in [6.45, 7) is 28.7. The van der Waals surface area contributed by atoms with Crippen molar-refractivity contribution in [2.45, 2.75) is 175 Å². The molecule has 0 aromatic rings. The molecule has 0 radical (unpaired) electrons. The van der Waals surface area contributed by atoms with Crippen LogP contribution in [0, 0.1) is 46.3 Å². The molecule has 0 aromatic carbocycles. The third-order valence-corrected chi connectivity index (χ3v) is 21.9. The summed E-state index contributed by atoms with van der Waals surface area (Å²) in [5, 5.41) is 0. The van der Waals surface area contributed by atoms with E-state index in [1.807, 2.05) is 0 Å². The van der Waals surface area contributed by atoms with E-state index in [-0.39, 0.29) is 5.97 Å². The molecule has 4 aliphatic carbocycles. The summed E-state index contributed by atoms with van der Waals surface area (Å²) in [5.41, 5.74) is 0.784. The lowest BCUT2D eigenvalue weighted by Crippen LogP contribution is -2.60. The van der Waals surface area contributed by atoms with Crippen LogP contribution in [0.4, 0.5) is 0 Å². The molecule has 10 atom stereocenters. The van der Waals surface area contributed by atoms with E-state index in [0.717, 1.165) is 30.2 Å². The van der Waals surface area contributed by atoms with Gasteiger partial charge in [-0.05, 0) is 162 Å². The molecule has 0 aliphatic heterocycles. The van der Waals surface area contributed by atoms with Crippen LogP contribution in [-0.2, 0) is 18.1 Å². The number of carbonyl (C=O) groups excluding carboxylic acids is 1. The second-order valence-corrected chi connectivity index (χ2v) is 31.3. The number of hydrogen-bond donors (Lipinski definition) is 0.